The highest BCUT2D eigenvalue weighted by Gasteiger charge is 2.35. The molecular formula is C20H32N3O4S+. The maximum Gasteiger partial charge on any atom is 0.278 e. The molecule has 1 atom stereocenters. The molecule has 2 fully saturated rings. The van der Waals surface area contributed by atoms with Gasteiger partial charge in [0, 0.05) is 6.04 Å². The molecule has 1 aliphatic heterocycles. The van der Waals surface area contributed by atoms with E-state index in [4.69, 9.17) is 4.74 Å². The summed E-state index contributed by atoms with van der Waals surface area (Å²) < 4.78 is 32.7. The quantitative estimate of drug-likeness (QED) is 0.683. The van der Waals surface area contributed by atoms with Gasteiger partial charge in [0.1, 0.15) is 5.75 Å². The zero-order valence-corrected chi connectivity index (χ0v) is 17.6. The minimum atomic E-state index is -3.52. The molecule has 1 aromatic rings. The Kier molecular flexibility index (Phi) is 6.95. The summed E-state index contributed by atoms with van der Waals surface area (Å²) in [4.78, 5) is 13.9. The third-order valence-corrected chi connectivity index (χ3v) is 7.76. The van der Waals surface area contributed by atoms with Crippen molar-refractivity contribution in [2.75, 3.05) is 32.8 Å². The van der Waals surface area contributed by atoms with E-state index >= 15 is 0 Å². The number of carbonyl (C=O) groups is 1. The van der Waals surface area contributed by atoms with Crippen LogP contribution in [0.5, 0.6) is 5.75 Å². The standard InChI is InChI=1S/C20H31N3O4S/c1-3-27-18-8-10-19(11-9-18)28(25,26)23-14-12-22(13-15-23)16(2)20(24)21-17-6-4-5-7-17/h8-11,16-17H,3-7,12-15H2,1-2H3,(H,21,24)/p+1/t16-/m1/s1. The van der Waals surface area contributed by atoms with Crippen molar-refractivity contribution in [2.24, 2.45) is 0 Å². The average molecular weight is 411 g/mol. The van der Waals surface area contributed by atoms with Crippen LogP contribution in [-0.2, 0) is 14.8 Å². The van der Waals surface area contributed by atoms with Crippen LogP contribution in [0.1, 0.15) is 39.5 Å². The lowest BCUT2D eigenvalue weighted by molar-refractivity contribution is -0.917. The summed E-state index contributed by atoms with van der Waals surface area (Å²) >= 11 is 0. The van der Waals surface area contributed by atoms with Crippen molar-refractivity contribution in [1.82, 2.24) is 9.62 Å². The van der Waals surface area contributed by atoms with Crippen LogP contribution in [0.3, 0.4) is 0 Å². The summed E-state index contributed by atoms with van der Waals surface area (Å²) in [6, 6.07) is 6.72. The van der Waals surface area contributed by atoms with Crippen LogP contribution in [0.25, 0.3) is 0 Å². The fourth-order valence-electron chi connectivity index (χ4n) is 4.05. The van der Waals surface area contributed by atoms with Crippen molar-refractivity contribution in [3.05, 3.63) is 24.3 Å². The first-order valence-electron chi connectivity index (χ1n) is 10.3. The van der Waals surface area contributed by atoms with Gasteiger partial charge in [0.25, 0.3) is 5.91 Å². The number of nitrogens with one attached hydrogen (secondary N) is 2. The Morgan fingerprint density at radius 1 is 1.21 bits per heavy atom. The fourth-order valence-corrected chi connectivity index (χ4v) is 5.49. The average Bonchev–Trinajstić information content (AvgIpc) is 3.21. The molecule has 3 rings (SSSR count). The first kappa shape index (κ1) is 21.1. The van der Waals surface area contributed by atoms with E-state index in [-0.39, 0.29) is 16.8 Å². The molecule has 0 spiro atoms. The molecule has 0 unspecified atom stereocenters. The van der Waals surface area contributed by atoms with Gasteiger partial charge in [-0.2, -0.15) is 4.31 Å². The highest BCUT2D eigenvalue weighted by Crippen LogP contribution is 2.20. The second-order valence-corrected chi connectivity index (χ2v) is 9.62. The molecule has 0 bridgehead atoms. The number of amides is 1. The monoisotopic (exact) mass is 410 g/mol. The summed E-state index contributed by atoms with van der Waals surface area (Å²) in [5, 5.41) is 3.16. The van der Waals surface area contributed by atoms with Crippen molar-refractivity contribution in [3.8, 4) is 5.75 Å². The van der Waals surface area contributed by atoms with Gasteiger partial charge in [-0.1, -0.05) is 12.8 Å². The summed E-state index contributed by atoms with van der Waals surface area (Å²) in [6.07, 6.45) is 4.52. The molecule has 8 heteroatoms. The highest BCUT2D eigenvalue weighted by atomic mass is 32.2. The molecule has 0 aromatic heterocycles. The molecule has 1 heterocycles. The smallest absolute Gasteiger partial charge is 0.278 e. The number of piperazine rings is 1. The molecule has 2 N–H and O–H groups in total. The second kappa shape index (κ2) is 9.24. The van der Waals surface area contributed by atoms with Crippen molar-refractivity contribution in [2.45, 2.75) is 56.5 Å². The van der Waals surface area contributed by atoms with Gasteiger partial charge < -0.3 is 15.0 Å². The predicted molar refractivity (Wildman–Crippen MR) is 107 cm³/mol. The van der Waals surface area contributed by atoms with E-state index in [1.807, 2.05) is 13.8 Å². The van der Waals surface area contributed by atoms with E-state index in [1.165, 1.54) is 17.1 Å². The topological polar surface area (TPSA) is 80.2 Å². The molecule has 28 heavy (non-hydrogen) atoms. The summed E-state index contributed by atoms with van der Waals surface area (Å²) in [7, 11) is -3.52. The molecule has 2 aliphatic rings. The Labute approximate surface area is 168 Å². The van der Waals surface area contributed by atoms with Gasteiger partial charge in [-0.05, 0) is 51.0 Å². The number of quaternary nitrogens is 1. The van der Waals surface area contributed by atoms with Crippen LogP contribution < -0.4 is 15.0 Å². The number of hydrogen-bond acceptors (Lipinski definition) is 4. The Balaban J connectivity index is 1.55. The summed E-state index contributed by atoms with van der Waals surface area (Å²) in [6.45, 7) is 6.49. The number of sulfonamides is 1. The lowest BCUT2D eigenvalue weighted by Gasteiger charge is -2.34. The molecule has 1 aromatic carbocycles. The van der Waals surface area contributed by atoms with Crippen molar-refractivity contribution >= 4 is 15.9 Å². The largest absolute Gasteiger partial charge is 0.494 e. The number of ether oxygens (including phenoxy) is 1. The van der Waals surface area contributed by atoms with E-state index in [9.17, 15) is 13.2 Å². The van der Waals surface area contributed by atoms with E-state index in [0.717, 1.165) is 17.7 Å². The Morgan fingerprint density at radius 2 is 1.82 bits per heavy atom. The fraction of sp³-hybridized carbons (Fsp3) is 0.650. The summed E-state index contributed by atoms with van der Waals surface area (Å²) in [5.41, 5.74) is 0. The third kappa shape index (κ3) is 4.85. The lowest BCUT2D eigenvalue weighted by atomic mass is 10.2. The summed E-state index contributed by atoms with van der Waals surface area (Å²) in [5.74, 6) is 0.752. The molecule has 1 saturated heterocycles. The lowest BCUT2D eigenvalue weighted by Crippen LogP contribution is -3.19. The maximum absolute atomic E-state index is 12.9. The van der Waals surface area contributed by atoms with Crippen LogP contribution in [0.15, 0.2) is 29.2 Å². The minimum Gasteiger partial charge on any atom is -0.494 e. The number of hydrogen-bond donors (Lipinski definition) is 2. The molecule has 7 nitrogen and oxygen atoms in total. The van der Waals surface area contributed by atoms with Crippen molar-refractivity contribution in [1.29, 1.82) is 0 Å². The van der Waals surface area contributed by atoms with Crippen LogP contribution in [0.2, 0.25) is 0 Å². The molecule has 1 amide bonds. The van der Waals surface area contributed by atoms with Crippen molar-refractivity contribution < 1.29 is 22.8 Å². The molecule has 1 saturated carbocycles. The Hall–Kier alpha value is -1.64. The van der Waals surface area contributed by atoms with Crippen LogP contribution in [0, 0.1) is 0 Å². The second-order valence-electron chi connectivity index (χ2n) is 7.68. The molecular weight excluding hydrogens is 378 g/mol. The van der Waals surface area contributed by atoms with Gasteiger partial charge in [0.15, 0.2) is 6.04 Å². The Bertz CT molecular complexity index is 752. The van der Waals surface area contributed by atoms with Gasteiger partial charge in [0.05, 0.1) is 37.7 Å². The minimum absolute atomic E-state index is 0.0877. The van der Waals surface area contributed by atoms with E-state index in [2.05, 4.69) is 5.32 Å². The molecule has 0 radical (unpaired) electrons. The third-order valence-electron chi connectivity index (χ3n) is 5.84. The van der Waals surface area contributed by atoms with Crippen LogP contribution >= 0.6 is 0 Å². The number of rotatable bonds is 7. The maximum atomic E-state index is 12.9. The predicted octanol–water partition coefficient (Wildman–Crippen LogP) is 0.422. The van der Waals surface area contributed by atoms with E-state index in [0.29, 0.717) is 44.6 Å². The van der Waals surface area contributed by atoms with Gasteiger partial charge in [0.2, 0.25) is 10.0 Å². The van der Waals surface area contributed by atoms with E-state index < -0.39 is 10.0 Å². The highest BCUT2D eigenvalue weighted by molar-refractivity contribution is 7.89. The van der Waals surface area contributed by atoms with Gasteiger partial charge in [-0.25, -0.2) is 8.42 Å². The first-order chi connectivity index (χ1) is 13.4. The van der Waals surface area contributed by atoms with E-state index in [1.54, 1.807) is 24.3 Å². The zero-order valence-electron chi connectivity index (χ0n) is 16.8. The van der Waals surface area contributed by atoms with Crippen molar-refractivity contribution in [3.63, 3.8) is 0 Å². The van der Waals surface area contributed by atoms with Gasteiger partial charge in [-0.15, -0.1) is 0 Å². The SMILES string of the molecule is CCOc1ccc(S(=O)(=O)N2CC[NH+]([C@H](C)C(=O)NC3CCCC3)CC2)cc1. The normalized spacial score (nSPS) is 20.8. The van der Waals surface area contributed by atoms with Gasteiger partial charge in [-0.3, -0.25) is 4.79 Å². The molecule has 1 aliphatic carbocycles. The van der Waals surface area contributed by atoms with Gasteiger partial charge >= 0.3 is 0 Å². The number of nitrogens with zero attached hydrogens (tertiary/aromatic N) is 1. The zero-order chi connectivity index (χ0) is 20.1. The Morgan fingerprint density at radius 3 is 2.39 bits per heavy atom. The molecule has 156 valence electrons. The number of carbonyl (C=O) groups excluding carboxylic acids is 1. The van der Waals surface area contributed by atoms with Crippen LogP contribution in [-0.4, -0.2) is 63.5 Å². The first-order valence-corrected chi connectivity index (χ1v) is 11.7. The number of benzene rings is 1. The van der Waals surface area contributed by atoms with Crippen LogP contribution in [0.4, 0.5) is 0 Å².